The van der Waals surface area contributed by atoms with Crippen LogP contribution in [-0.2, 0) is 21.3 Å². The second-order valence-corrected chi connectivity index (χ2v) is 8.93. The Hall–Kier alpha value is -0.990. The van der Waals surface area contributed by atoms with Crippen LogP contribution in [0.2, 0.25) is 5.02 Å². The molecule has 1 atom stereocenters. The SMILES string of the molecule is O=S(=O)(c1ccc(F)cc1Cl)N(Cc1cccs1)CC1CCCO1. The number of hydrogen-bond acceptors (Lipinski definition) is 4. The van der Waals surface area contributed by atoms with E-state index >= 15 is 0 Å². The molecular formula is C16H17ClFNO3S2. The first-order valence-corrected chi connectivity index (χ1v) is 10.3. The van der Waals surface area contributed by atoms with Crippen LogP contribution in [0.3, 0.4) is 0 Å². The first-order valence-electron chi connectivity index (χ1n) is 7.56. The Bertz CT molecular complexity index is 790. The van der Waals surface area contributed by atoms with Gasteiger partial charge in [0.15, 0.2) is 0 Å². The number of hydrogen-bond donors (Lipinski definition) is 0. The monoisotopic (exact) mass is 389 g/mol. The lowest BCUT2D eigenvalue weighted by Gasteiger charge is -2.25. The second-order valence-electron chi connectivity index (χ2n) is 5.59. The van der Waals surface area contributed by atoms with Crippen molar-refractivity contribution in [2.45, 2.75) is 30.4 Å². The molecular weight excluding hydrogens is 373 g/mol. The van der Waals surface area contributed by atoms with E-state index in [1.807, 2.05) is 17.5 Å². The Kier molecular flexibility index (Phi) is 5.56. The molecule has 0 bridgehead atoms. The summed E-state index contributed by atoms with van der Waals surface area (Å²) in [7, 11) is -3.85. The summed E-state index contributed by atoms with van der Waals surface area (Å²) >= 11 is 7.47. The van der Waals surface area contributed by atoms with Crippen LogP contribution in [0.15, 0.2) is 40.6 Å². The van der Waals surface area contributed by atoms with Gasteiger partial charge in [0, 0.05) is 24.6 Å². The maximum atomic E-state index is 13.3. The maximum absolute atomic E-state index is 13.3. The molecule has 130 valence electrons. The van der Waals surface area contributed by atoms with Gasteiger partial charge in [0.25, 0.3) is 0 Å². The highest BCUT2D eigenvalue weighted by atomic mass is 35.5. The normalized spacial score (nSPS) is 18.4. The summed E-state index contributed by atoms with van der Waals surface area (Å²) in [6.45, 7) is 1.15. The number of thiophene rings is 1. The van der Waals surface area contributed by atoms with Crippen molar-refractivity contribution < 1.29 is 17.5 Å². The standard InChI is InChI=1S/C16H17ClFNO3S2/c17-15-9-12(18)5-6-16(15)24(20,21)19(10-13-3-1-7-22-13)11-14-4-2-8-23-14/h2,4-6,8-9,13H,1,3,7,10-11H2. The molecule has 3 rings (SSSR count). The highest BCUT2D eigenvalue weighted by molar-refractivity contribution is 7.89. The van der Waals surface area contributed by atoms with Crippen LogP contribution in [0.4, 0.5) is 4.39 Å². The van der Waals surface area contributed by atoms with Gasteiger partial charge in [-0.1, -0.05) is 17.7 Å². The average Bonchev–Trinajstić information content (AvgIpc) is 3.19. The van der Waals surface area contributed by atoms with Gasteiger partial charge in [-0.3, -0.25) is 0 Å². The molecule has 4 nitrogen and oxygen atoms in total. The maximum Gasteiger partial charge on any atom is 0.244 e. The zero-order chi connectivity index (χ0) is 17.2. The van der Waals surface area contributed by atoms with Gasteiger partial charge in [0.2, 0.25) is 10.0 Å². The Labute approximate surface area is 149 Å². The lowest BCUT2D eigenvalue weighted by Crippen LogP contribution is -2.36. The fraction of sp³-hybridized carbons (Fsp3) is 0.375. The van der Waals surface area contributed by atoms with E-state index in [1.54, 1.807) is 0 Å². The Morgan fingerprint density at radius 2 is 2.21 bits per heavy atom. The van der Waals surface area contributed by atoms with Crippen molar-refractivity contribution in [2.75, 3.05) is 13.2 Å². The number of rotatable bonds is 6. The number of benzene rings is 1. The molecule has 0 N–H and O–H groups in total. The molecule has 0 aliphatic carbocycles. The van der Waals surface area contributed by atoms with Gasteiger partial charge in [0.1, 0.15) is 10.7 Å². The first kappa shape index (κ1) is 17.8. The third-order valence-corrected chi connectivity index (χ3v) is 7.01. The summed E-state index contributed by atoms with van der Waals surface area (Å²) in [4.78, 5) is 0.843. The average molecular weight is 390 g/mol. The van der Waals surface area contributed by atoms with Gasteiger partial charge in [-0.15, -0.1) is 11.3 Å². The van der Waals surface area contributed by atoms with Crippen LogP contribution in [0.5, 0.6) is 0 Å². The van der Waals surface area contributed by atoms with E-state index < -0.39 is 15.8 Å². The van der Waals surface area contributed by atoms with Crippen molar-refractivity contribution in [3.8, 4) is 0 Å². The van der Waals surface area contributed by atoms with Crippen molar-refractivity contribution in [1.29, 1.82) is 0 Å². The zero-order valence-corrected chi connectivity index (χ0v) is 15.2. The van der Waals surface area contributed by atoms with E-state index in [0.717, 1.165) is 29.9 Å². The molecule has 0 saturated carbocycles. The number of nitrogens with zero attached hydrogens (tertiary/aromatic N) is 1. The van der Waals surface area contributed by atoms with Gasteiger partial charge in [-0.05, 0) is 42.5 Å². The molecule has 0 amide bonds. The molecule has 0 radical (unpaired) electrons. The van der Waals surface area contributed by atoms with Crippen molar-refractivity contribution >= 4 is 33.0 Å². The van der Waals surface area contributed by atoms with E-state index in [0.29, 0.717) is 6.61 Å². The van der Waals surface area contributed by atoms with Crippen LogP contribution in [0.1, 0.15) is 17.7 Å². The van der Waals surface area contributed by atoms with Gasteiger partial charge in [0.05, 0.1) is 11.1 Å². The fourth-order valence-electron chi connectivity index (χ4n) is 2.66. The van der Waals surface area contributed by atoms with Crippen molar-refractivity contribution in [1.82, 2.24) is 4.31 Å². The molecule has 2 aromatic rings. The van der Waals surface area contributed by atoms with Crippen LogP contribution >= 0.6 is 22.9 Å². The van der Waals surface area contributed by atoms with Gasteiger partial charge < -0.3 is 4.74 Å². The van der Waals surface area contributed by atoms with Crippen LogP contribution in [0.25, 0.3) is 0 Å². The molecule has 1 saturated heterocycles. The molecule has 0 spiro atoms. The Balaban J connectivity index is 1.92. The van der Waals surface area contributed by atoms with Crippen molar-refractivity contribution in [2.24, 2.45) is 0 Å². The summed E-state index contributed by atoms with van der Waals surface area (Å²) in [6.07, 6.45) is 1.63. The van der Waals surface area contributed by atoms with Crippen LogP contribution in [-0.4, -0.2) is 32.0 Å². The van der Waals surface area contributed by atoms with Gasteiger partial charge in [-0.25, -0.2) is 12.8 Å². The molecule has 2 heterocycles. The second kappa shape index (κ2) is 7.49. The Morgan fingerprint density at radius 1 is 1.38 bits per heavy atom. The quantitative estimate of drug-likeness (QED) is 0.752. The fourth-order valence-corrected chi connectivity index (χ4v) is 5.42. The molecule has 1 fully saturated rings. The highest BCUT2D eigenvalue weighted by Crippen LogP contribution is 2.28. The van der Waals surface area contributed by atoms with Crippen LogP contribution < -0.4 is 0 Å². The topological polar surface area (TPSA) is 46.6 Å². The predicted molar refractivity (Wildman–Crippen MR) is 92.3 cm³/mol. The molecule has 1 aliphatic rings. The number of halogens is 2. The molecule has 1 aliphatic heterocycles. The van der Waals surface area contributed by atoms with Crippen molar-refractivity contribution in [3.63, 3.8) is 0 Å². The van der Waals surface area contributed by atoms with E-state index in [1.165, 1.54) is 21.7 Å². The van der Waals surface area contributed by atoms with E-state index in [4.69, 9.17) is 16.3 Å². The molecule has 8 heteroatoms. The zero-order valence-electron chi connectivity index (χ0n) is 12.8. The van der Waals surface area contributed by atoms with E-state index in [9.17, 15) is 12.8 Å². The summed E-state index contributed by atoms with van der Waals surface area (Å²) in [5, 5.41) is 1.79. The number of sulfonamides is 1. The lowest BCUT2D eigenvalue weighted by molar-refractivity contribution is 0.0927. The van der Waals surface area contributed by atoms with Crippen LogP contribution in [0, 0.1) is 5.82 Å². The van der Waals surface area contributed by atoms with E-state index in [2.05, 4.69) is 0 Å². The molecule has 1 aromatic carbocycles. The van der Waals surface area contributed by atoms with Crippen molar-refractivity contribution in [3.05, 3.63) is 51.4 Å². The predicted octanol–water partition coefficient (Wildman–Crippen LogP) is 3.91. The first-order chi connectivity index (χ1) is 11.5. The van der Waals surface area contributed by atoms with Gasteiger partial charge in [-0.2, -0.15) is 4.31 Å². The number of ether oxygens (including phenoxy) is 1. The summed E-state index contributed by atoms with van der Waals surface area (Å²) in [5.41, 5.74) is 0. The molecule has 24 heavy (non-hydrogen) atoms. The minimum atomic E-state index is -3.85. The van der Waals surface area contributed by atoms with Gasteiger partial charge >= 0.3 is 0 Å². The molecule has 1 aromatic heterocycles. The third kappa shape index (κ3) is 3.97. The largest absolute Gasteiger partial charge is 0.377 e. The summed E-state index contributed by atoms with van der Waals surface area (Å²) in [5.74, 6) is -0.567. The third-order valence-electron chi connectivity index (χ3n) is 3.86. The molecule has 1 unspecified atom stereocenters. The smallest absolute Gasteiger partial charge is 0.244 e. The highest BCUT2D eigenvalue weighted by Gasteiger charge is 2.31. The Morgan fingerprint density at radius 3 is 2.83 bits per heavy atom. The summed E-state index contributed by atoms with van der Waals surface area (Å²) < 4.78 is 46.3. The summed E-state index contributed by atoms with van der Waals surface area (Å²) in [6, 6.07) is 7.10. The minimum Gasteiger partial charge on any atom is -0.377 e. The lowest BCUT2D eigenvalue weighted by atomic mass is 10.2. The van der Waals surface area contributed by atoms with E-state index in [-0.39, 0.29) is 29.1 Å². The minimum absolute atomic E-state index is 0.0832.